The Hall–Kier alpha value is -1.87. The predicted octanol–water partition coefficient (Wildman–Crippen LogP) is 3.10. The fourth-order valence-electron chi connectivity index (χ4n) is 1.40. The number of carboxylic acids is 1. The highest BCUT2D eigenvalue weighted by Crippen LogP contribution is 2.25. The van der Waals surface area contributed by atoms with Crippen LogP contribution in [0.2, 0.25) is 5.02 Å². The van der Waals surface area contributed by atoms with E-state index >= 15 is 0 Å². The molecule has 0 aliphatic carbocycles. The Morgan fingerprint density at radius 2 is 2.06 bits per heavy atom. The minimum Gasteiger partial charge on any atom is -0.478 e. The third-order valence-electron chi connectivity index (χ3n) is 2.14. The van der Waals surface area contributed by atoms with Crippen molar-refractivity contribution in [2.24, 2.45) is 0 Å². The molecule has 2 rings (SSSR count). The van der Waals surface area contributed by atoms with Gasteiger partial charge in [0.2, 0.25) is 0 Å². The number of aromatic nitrogens is 1. The Balaban J connectivity index is 2.53. The Morgan fingerprint density at radius 3 is 2.75 bits per heavy atom. The third kappa shape index (κ3) is 2.04. The zero-order chi connectivity index (χ0) is 11.5. The van der Waals surface area contributed by atoms with Gasteiger partial charge in [-0.2, -0.15) is 0 Å². The molecule has 1 aromatic carbocycles. The molecular formula is C12H8ClNO2. The topological polar surface area (TPSA) is 50.2 Å². The summed E-state index contributed by atoms with van der Waals surface area (Å²) in [5, 5.41) is 9.38. The molecule has 2 aromatic rings. The lowest BCUT2D eigenvalue weighted by atomic mass is 10.1. The van der Waals surface area contributed by atoms with Gasteiger partial charge in [0.05, 0.1) is 16.3 Å². The number of carbonyl (C=O) groups is 1. The average Bonchev–Trinajstić information content (AvgIpc) is 2.30. The average molecular weight is 234 g/mol. The Kier molecular flexibility index (Phi) is 2.88. The van der Waals surface area contributed by atoms with Crippen molar-refractivity contribution in [1.29, 1.82) is 0 Å². The molecule has 0 fully saturated rings. The summed E-state index contributed by atoms with van der Waals surface area (Å²) >= 11 is 5.98. The van der Waals surface area contributed by atoms with Crippen LogP contribution in [0.15, 0.2) is 42.6 Å². The molecule has 0 saturated heterocycles. The van der Waals surface area contributed by atoms with Crippen molar-refractivity contribution >= 4 is 17.6 Å². The van der Waals surface area contributed by atoms with E-state index in [-0.39, 0.29) is 5.56 Å². The summed E-state index contributed by atoms with van der Waals surface area (Å²) in [5.41, 5.74) is 1.51. The molecule has 0 saturated carbocycles. The van der Waals surface area contributed by atoms with Gasteiger partial charge in [0.1, 0.15) is 0 Å². The van der Waals surface area contributed by atoms with Crippen LogP contribution in [-0.2, 0) is 0 Å². The van der Waals surface area contributed by atoms with E-state index < -0.39 is 5.97 Å². The summed E-state index contributed by atoms with van der Waals surface area (Å²) in [7, 11) is 0. The first-order valence-corrected chi connectivity index (χ1v) is 5.00. The number of nitrogens with zero attached hydrogens (tertiary/aromatic N) is 1. The molecule has 80 valence electrons. The van der Waals surface area contributed by atoms with Gasteiger partial charge in [-0.25, -0.2) is 4.79 Å². The number of aromatic carboxylic acids is 1. The molecule has 0 unspecified atom stereocenters. The molecule has 0 bridgehead atoms. The fraction of sp³-hybridized carbons (Fsp3) is 0. The number of halogens is 1. The van der Waals surface area contributed by atoms with Crippen molar-refractivity contribution in [3.05, 3.63) is 53.2 Å². The van der Waals surface area contributed by atoms with Gasteiger partial charge in [-0.1, -0.05) is 23.7 Å². The van der Waals surface area contributed by atoms with Crippen LogP contribution in [0.4, 0.5) is 0 Å². The molecule has 1 heterocycles. The van der Waals surface area contributed by atoms with E-state index in [1.54, 1.807) is 36.5 Å². The van der Waals surface area contributed by atoms with E-state index in [9.17, 15) is 4.79 Å². The molecule has 0 radical (unpaired) electrons. The summed E-state index contributed by atoms with van der Waals surface area (Å²) in [6.45, 7) is 0. The molecule has 16 heavy (non-hydrogen) atoms. The highest BCUT2D eigenvalue weighted by Gasteiger charge is 2.07. The van der Waals surface area contributed by atoms with Crippen LogP contribution in [0.5, 0.6) is 0 Å². The summed E-state index contributed by atoms with van der Waals surface area (Å²) < 4.78 is 0. The molecule has 1 N–H and O–H groups in total. The molecule has 1 aromatic heterocycles. The van der Waals surface area contributed by atoms with Crippen molar-refractivity contribution in [3.8, 4) is 11.3 Å². The van der Waals surface area contributed by atoms with Crippen LogP contribution in [0.1, 0.15) is 10.4 Å². The lowest BCUT2D eigenvalue weighted by Gasteiger charge is -2.03. The van der Waals surface area contributed by atoms with E-state index in [1.165, 1.54) is 6.07 Å². The van der Waals surface area contributed by atoms with Gasteiger partial charge >= 0.3 is 5.97 Å². The minimum absolute atomic E-state index is 0.221. The van der Waals surface area contributed by atoms with Crippen molar-refractivity contribution in [1.82, 2.24) is 4.98 Å². The maximum Gasteiger partial charge on any atom is 0.335 e. The molecule has 0 amide bonds. The number of benzene rings is 1. The molecule has 3 nitrogen and oxygen atoms in total. The number of pyridine rings is 1. The van der Waals surface area contributed by atoms with Crippen LogP contribution in [-0.4, -0.2) is 16.1 Å². The highest BCUT2D eigenvalue weighted by atomic mass is 35.5. The lowest BCUT2D eigenvalue weighted by Crippen LogP contribution is -1.96. The maximum absolute atomic E-state index is 10.8. The van der Waals surface area contributed by atoms with E-state index in [0.29, 0.717) is 16.3 Å². The summed E-state index contributed by atoms with van der Waals surface area (Å²) in [6.07, 6.45) is 1.62. The largest absolute Gasteiger partial charge is 0.478 e. The molecule has 0 aliphatic heterocycles. The molecule has 0 atom stereocenters. The SMILES string of the molecule is O=C(O)c1cccc(-c2ncccc2Cl)c1. The molecule has 0 spiro atoms. The van der Waals surface area contributed by atoms with Gasteiger partial charge in [-0.3, -0.25) is 4.98 Å². The predicted molar refractivity (Wildman–Crippen MR) is 61.6 cm³/mol. The summed E-state index contributed by atoms with van der Waals surface area (Å²) in [4.78, 5) is 14.9. The van der Waals surface area contributed by atoms with Crippen LogP contribution < -0.4 is 0 Å². The van der Waals surface area contributed by atoms with Gasteiger partial charge in [0.25, 0.3) is 0 Å². The quantitative estimate of drug-likeness (QED) is 0.867. The zero-order valence-corrected chi connectivity index (χ0v) is 8.98. The number of hydrogen-bond donors (Lipinski definition) is 1. The Labute approximate surface area is 97.3 Å². The van der Waals surface area contributed by atoms with Crippen molar-refractivity contribution in [3.63, 3.8) is 0 Å². The maximum atomic E-state index is 10.8. The first-order valence-electron chi connectivity index (χ1n) is 4.63. The standard InChI is InChI=1S/C12H8ClNO2/c13-10-5-2-6-14-11(10)8-3-1-4-9(7-8)12(15)16/h1-7H,(H,15,16). The van der Waals surface area contributed by atoms with E-state index in [1.807, 2.05) is 0 Å². The van der Waals surface area contributed by atoms with Crippen molar-refractivity contribution < 1.29 is 9.90 Å². The van der Waals surface area contributed by atoms with E-state index in [2.05, 4.69) is 4.98 Å². The van der Waals surface area contributed by atoms with Gasteiger partial charge < -0.3 is 5.11 Å². The summed E-state index contributed by atoms with van der Waals surface area (Å²) in [6, 6.07) is 9.98. The molecule has 4 heteroatoms. The van der Waals surface area contributed by atoms with Gasteiger partial charge in [0, 0.05) is 11.8 Å². The molecule has 0 aliphatic rings. The first kappa shape index (κ1) is 10.6. The molecular weight excluding hydrogens is 226 g/mol. The second-order valence-corrected chi connectivity index (χ2v) is 3.63. The van der Waals surface area contributed by atoms with Crippen LogP contribution >= 0.6 is 11.6 Å². The Bertz CT molecular complexity index is 540. The number of carboxylic acid groups (broad SMARTS) is 1. The zero-order valence-electron chi connectivity index (χ0n) is 8.22. The van der Waals surface area contributed by atoms with Gasteiger partial charge in [-0.15, -0.1) is 0 Å². The lowest BCUT2D eigenvalue weighted by molar-refractivity contribution is 0.0697. The normalized spacial score (nSPS) is 10.1. The van der Waals surface area contributed by atoms with Gasteiger partial charge in [0.15, 0.2) is 0 Å². The van der Waals surface area contributed by atoms with Crippen LogP contribution in [0.3, 0.4) is 0 Å². The summed E-state index contributed by atoms with van der Waals surface area (Å²) in [5.74, 6) is -0.964. The van der Waals surface area contributed by atoms with Crippen LogP contribution in [0.25, 0.3) is 11.3 Å². The van der Waals surface area contributed by atoms with Crippen molar-refractivity contribution in [2.75, 3.05) is 0 Å². The van der Waals surface area contributed by atoms with E-state index in [4.69, 9.17) is 16.7 Å². The van der Waals surface area contributed by atoms with E-state index in [0.717, 1.165) is 0 Å². The monoisotopic (exact) mass is 233 g/mol. The first-order chi connectivity index (χ1) is 7.68. The fourth-order valence-corrected chi connectivity index (χ4v) is 1.63. The third-order valence-corrected chi connectivity index (χ3v) is 2.45. The Morgan fingerprint density at radius 1 is 1.25 bits per heavy atom. The highest BCUT2D eigenvalue weighted by molar-refractivity contribution is 6.33. The number of hydrogen-bond acceptors (Lipinski definition) is 2. The second kappa shape index (κ2) is 4.33. The minimum atomic E-state index is -0.964. The van der Waals surface area contributed by atoms with Crippen LogP contribution in [0, 0.1) is 0 Å². The van der Waals surface area contributed by atoms with Crippen molar-refractivity contribution in [2.45, 2.75) is 0 Å². The smallest absolute Gasteiger partial charge is 0.335 e. The number of rotatable bonds is 2. The van der Waals surface area contributed by atoms with Gasteiger partial charge in [-0.05, 0) is 24.3 Å². The second-order valence-electron chi connectivity index (χ2n) is 3.22.